The van der Waals surface area contributed by atoms with Gasteiger partial charge in [0.05, 0.1) is 11.8 Å². The number of hydrogen-bond acceptors (Lipinski definition) is 4. The Kier molecular flexibility index (Phi) is 7.58. The molecule has 2 aliphatic rings. The van der Waals surface area contributed by atoms with Gasteiger partial charge >= 0.3 is 0 Å². The van der Waals surface area contributed by atoms with Crippen LogP contribution in [0.15, 0.2) is 114 Å². The molecular formula is C34H28F2N2O3. The Hall–Kier alpha value is -4.78. The minimum atomic E-state index is -0.375. The molecule has 0 N–H and O–H groups in total. The molecule has 4 aromatic rings. The molecule has 0 unspecified atom stereocenters. The van der Waals surface area contributed by atoms with Gasteiger partial charge in [0.25, 0.3) is 5.91 Å². The SMILES string of the molecule is O=C(COc1ccc(Oc2ccccc2)cc1)N1N=C2/C(=C\c3ccc(F)cc3)CCC[C@H]2[C@@H]1c1ccc(F)cc1. The van der Waals surface area contributed by atoms with Crippen molar-refractivity contribution < 1.29 is 23.0 Å². The number of allylic oxidation sites excluding steroid dienone is 1. The lowest BCUT2D eigenvalue weighted by Crippen LogP contribution is -2.34. The number of amides is 1. The van der Waals surface area contributed by atoms with E-state index in [-0.39, 0.29) is 36.1 Å². The summed E-state index contributed by atoms with van der Waals surface area (Å²) in [6.45, 7) is -0.211. The monoisotopic (exact) mass is 550 g/mol. The predicted octanol–water partition coefficient (Wildman–Crippen LogP) is 7.96. The maximum absolute atomic E-state index is 13.8. The van der Waals surface area contributed by atoms with Crippen molar-refractivity contribution in [2.24, 2.45) is 11.0 Å². The summed E-state index contributed by atoms with van der Waals surface area (Å²) in [6.07, 6.45) is 4.58. The second-order valence-electron chi connectivity index (χ2n) is 10.1. The van der Waals surface area contributed by atoms with Crippen molar-refractivity contribution >= 4 is 17.7 Å². The number of rotatable bonds is 7. The van der Waals surface area contributed by atoms with Crippen LogP contribution in [0, 0.1) is 17.6 Å². The van der Waals surface area contributed by atoms with Crippen LogP contribution >= 0.6 is 0 Å². The van der Waals surface area contributed by atoms with Crippen LogP contribution in [0.5, 0.6) is 17.2 Å². The zero-order valence-electron chi connectivity index (χ0n) is 22.3. The van der Waals surface area contributed by atoms with E-state index < -0.39 is 0 Å². The number of carbonyl (C=O) groups is 1. The molecule has 6 rings (SSSR count). The lowest BCUT2D eigenvalue weighted by Gasteiger charge is -2.29. The van der Waals surface area contributed by atoms with Crippen LogP contribution < -0.4 is 9.47 Å². The van der Waals surface area contributed by atoms with E-state index in [4.69, 9.17) is 14.6 Å². The molecule has 0 spiro atoms. The molecule has 2 atom stereocenters. The number of hydrogen-bond donors (Lipinski definition) is 0. The van der Waals surface area contributed by atoms with E-state index in [1.807, 2.05) is 36.4 Å². The van der Waals surface area contributed by atoms with Crippen molar-refractivity contribution in [3.05, 3.63) is 131 Å². The van der Waals surface area contributed by atoms with E-state index in [2.05, 4.69) is 0 Å². The molecule has 206 valence electrons. The molecule has 0 bridgehead atoms. The van der Waals surface area contributed by atoms with Crippen LogP contribution in [-0.4, -0.2) is 23.2 Å². The van der Waals surface area contributed by atoms with E-state index in [9.17, 15) is 13.6 Å². The van der Waals surface area contributed by atoms with Gasteiger partial charge in [0.2, 0.25) is 0 Å². The molecule has 4 aromatic carbocycles. The Bertz CT molecular complexity index is 1570. The van der Waals surface area contributed by atoms with Crippen LogP contribution in [0.3, 0.4) is 0 Å². The molecule has 1 saturated carbocycles. The molecule has 7 heteroatoms. The Morgan fingerprint density at radius 1 is 0.829 bits per heavy atom. The van der Waals surface area contributed by atoms with Crippen molar-refractivity contribution in [1.82, 2.24) is 5.01 Å². The van der Waals surface area contributed by atoms with Gasteiger partial charge in [-0.25, -0.2) is 13.8 Å². The zero-order valence-corrected chi connectivity index (χ0v) is 22.3. The first-order valence-electron chi connectivity index (χ1n) is 13.6. The summed E-state index contributed by atoms with van der Waals surface area (Å²) in [5, 5.41) is 6.31. The minimum Gasteiger partial charge on any atom is -0.484 e. The van der Waals surface area contributed by atoms with Gasteiger partial charge in [-0.3, -0.25) is 4.79 Å². The van der Waals surface area contributed by atoms with Crippen LogP contribution in [0.4, 0.5) is 8.78 Å². The molecule has 0 radical (unpaired) electrons. The highest BCUT2D eigenvalue weighted by atomic mass is 19.1. The Morgan fingerprint density at radius 2 is 1.46 bits per heavy atom. The van der Waals surface area contributed by atoms with Gasteiger partial charge in [-0.2, -0.15) is 5.10 Å². The van der Waals surface area contributed by atoms with Crippen LogP contribution in [-0.2, 0) is 4.79 Å². The van der Waals surface area contributed by atoms with Crippen molar-refractivity contribution in [3.63, 3.8) is 0 Å². The first-order chi connectivity index (χ1) is 20.0. The highest BCUT2D eigenvalue weighted by Gasteiger charge is 2.43. The summed E-state index contributed by atoms with van der Waals surface area (Å²) >= 11 is 0. The highest BCUT2D eigenvalue weighted by molar-refractivity contribution is 6.08. The number of halogens is 2. The molecule has 5 nitrogen and oxygen atoms in total. The van der Waals surface area contributed by atoms with E-state index in [1.54, 1.807) is 48.5 Å². The van der Waals surface area contributed by atoms with E-state index in [0.717, 1.165) is 47.4 Å². The topological polar surface area (TPSA) is 51.1 Å². The van der Waals surface area contributed by atoms with E-state index >= 15 is 0 Å². The van der Waals surface area contributed by atoms with Crippen molar-refractivity contribution in [2.75, 3.05) is 6.61 Å². The van der Waals surface area contributed by atoms with Gasteiger partial charge in [-0.1, -0.05) is 42.5 Å². The number of para-hydroxylation sites is 1. The minimum absolute atomic E-state index is 0.0423. The number of carbonyl (C=O) groups excluding carboxylic acids is 1. The third kappa shape index (κ3) is 6.04. The number of hydrazone groups is 1. The Morgan fingerprint density at radius 3 is 2.17 bits per heavy atom. The van der Waals surface area contributed by atoms with Gasteiger partial charge in [0.1, 0.15) is 28.9 Å². The van der Waals surface area contributed by atoms with Crippen LogP contribution in [0.1, 0.15) is 36.4 Å². The zero-order chi connectivity index (χ0) is 28.2. The first kappa shape index (κ1) is 26.4. The fraction of sp³-hybridized carbons (Fsp3) is 0.176. The standard InChI is InChI=1S/C34H28F2N2O3/c35-26-13-9-23(10-14-26)21-25-5-4-8-31-33(25)37-38(34(31)24-11-15-27(36)16-12-24)32(39)22-40-28-17-19-30(20-18-28)41-29-6-2-1-3-7-29/h1-3,6-7,9-21,31,34H,4-5,8,22H2/b25-21-/t31-,34+/m1/s1. The Balaban J connectivity index is 1.22. The molecule has 0 aromatic heterocycles. The fourth-order valence-corrected chi connectivity index (χ4v) is 5.40. The molecule has 41 heavy (non-hydrogen) atoms. The van der Waals surface area contributed by atoms with Gasteiger partial charge < -0.3 is 9.47 Å². The van der Waals surface area contributed by atoms with Crippen LogP contribution in [0.25, 0.3) is 6.08 Å². The van der Waals surface area contributed by atoms with Crippen molar-refractivity contribution in [3.8, 4) is 17.2 Å². The summed E-state index contributed by atoms with van der Waals surface area (Å²) in [5.41, 5.74) is 3.54. The average molecular weight is 551 g/mol. The van der Waals surface area contributed by atoms with Gasteiger partial charge in [-0.15, -0.1) is 0 Å². The number of ether oxygens (including phenoxy) is 2. The molecular weight excluding hydrogens is 522 g/mol. The van der Waals surface area contributed by atoms with Crippen molar-refractivity contribution in [1.29, 1.82) is 0 Å². The highest BCUT2D eigenvalue weighted by Crippen LogP contribution is 2.44. The molecule has 1 aliphatic carbocycles. The largest absolute Gasteiger partial charge is 0.484 e. The Labute approximate surface area is 237 Å². The number of fused-ring (bicyclic) bond motifs is 1. The van der Waals surface area contributed by atoms with E-state index in [0.29, 0.717) is 11.5 Å². The maximum Gasteiger partial charge on any atom is 0.281 e. The average Bonchev–Trinajstić information content (AvgIpc) is 3.40. The fourth-order valence-electron chi connectivity index (χ4n) is 5.40. The van der Waals surface area contributed by atoms with Crippen LogP contribution in [0.2, 0.25) is 0 Å². The summed E-state index contributed by atoms with van der Waals surface area (Å²) in [7, 11) is 0. The molecule has 1 amide bonds. The maximum atomic E-state index is 13.8. The molecule has 1 aliphatic heterocycles. The van der Waals surface area contributed by atoms with E-state index in [1.165, 1.54) is 29.3 Å². The number of nitrogens with zero attached hydrogens (tertiary/aromatic N) is 2. The lowest BCUT2D eigenvalue weighted by molar-refractivity contribution is -0.135. The third-order valence-corrected chi connectivity index (χ3v) is 7.34. The van der Waals surface area contributed by atoms with Gasteiger partial charge in [-0.05, 0) is 103 Å². The van der Waals surface area contributed by atoms with Gasteiger partial charge in [0, 0.05) is 5.92 Å². The van der Waals surface area contributed by atoms with Gasteiger partial charge in [0.15, 0.2) is 6.61 Å². The smallest absolute Gasteiger partial charge is 0.281 e. The predicted molar refractivity (Wildman–Crippen MR) is 154 cm³/mol. The summed E-state index contributed by atoms with van der Waals surface area (Å²) in [5.74, 6) is 0.935. The number of benzene rings is 4. The third-order valence-electron chi connectivity index (χ3n) is 7.34. The summed E-state index contributed by atoms with van der Waals surface area (Å²) in [6, 6.07) is 28.7. The normalized spacial score (nSPS) is 19.0. The van der Waals surface area contributed by atoms with Crippen molar-refractivity contribution in [2.45, 2.75) is 25.3 Å². The summed E-state index contributed by atoms with van der Waals surface area (Å²) in [4.78, 5) is 13.6. The lowest BCUT2D eigenvalue weighted by atomic mass is 9.77. The second-order valence-corrected chi connectivity index (χ2v) is 10.1. The molecule has 1 heterocycles. The molecule has 1 fully saturated rings. The second kappa shape index (κ2) is 11.8. The first-order valence-corrected chi connectivity index (χ1v) is 13.6. The summed E-state index contributed by atoms with van der Waals surface area (Å²) < 4.78 is 38.9. The quantitative estimate of drug-likeness (QED) is 0.235. The molecule has 0 saturated heterocycles.